The highest BCUT2D eigenvalue weighted by Gasteiger charge is 2.27. The van der Waals surface area contributed by atoms with E-state index in [9.17, 15) is 19.0 Å². The van der Waals surface area contributed by atoms with Crippen molar-refractivity contribution in [3.05, 3.63) is 60.8 Å². The van der Waals surface area contributed by atoms with E-state index >= 15 is 0 Å². The summed E-state index contributed by atoms with van der Waals surface area (Å²) < 4.78 is 33.3. The number of carboxylic acid groups (broad SMARTS) is 1. The summed E-state index contributed by atoms with van der Waals surface area (Å²) in [6.45, 7) is 3.69. The minimum absolute atomic E-state index is 0.00152. The molecule has 54 heavy (non-hydrogen) atoms. The Morgan fingerprint density at radius 2 is 1.07 bits per heavy atom. The average molecular weight is 782 g/mol. The number of phosphoric ester groups is 1. The van der Waals surface area contributed by atoms with Gasteiger partial charge in [-0.1, -0.05) is 139 Å². The Morgan fingerprint density at radius 3 is 1.63 bits per heavy atom. The molecular formula is C43H76NO9P. The van der Waals surface area contributed by atoms with Gasteiger partial charge in [0, 0.05) is 13.0 Å². The third kappa shape index (κ3) is 38.0. The zero-order valence-corrected chi connectivity index (χ0v) is 34.7. The molecule has 3 unspecified atom stereocenters. The smallest absolute Gasteiger partial charge is 0.472 e. The number of rotatable bonds is 39. The van der Waals surface area contributed by atoms with Crippen LogP contribution in [0.2, 0.25) is 0 Å². The number of esters is 1. The molecule has 312 valence electrons. The maximum Gasteiger partial charge on any atom is 0.472 e. The number of allylic oxidation sites excluding steroid dienone is 10. The molecule has 0 fully saturated rings. The number of carboxylic acids is 1. The number of ether oxygens (including phenoxy) is 2. The summed E-state index contributed by atoms with van der Waals surface area (Å²) in [5.41, 5.74) is 5.35. The molecule has 0 radical (unpaired) electrons. The molecule has 0 aromatic heterocycles. The van der Waals surface area contributed by atoms with Gasteiger partial charge in [0.2, 0.25) is 0 Å². The van der Waals surface area contributed by atoms with Gasteiger partial charge in [-0.25, -0.2) is 4.57 Å². The van der Waals surface area contributed by atoms with Crippen LogP contribution in [0.25, 0.3) is 0 Å². The van der Waals surface area contributed by atoms with Crippen molar-refractivity contribution in [2.24, 2.45) is 5.73 Å². The van der Waals surface area contributed by atoms with Crippen LogP contribution >= 0.6 is 7.82 Å². The lowest BCUT2D eigenvalue weighted by molar-refractivity contribution is -0.154. The zero-order chi connectivity index (χ0) is 39.8. The third-order valence-electron chi connectivity index (χ3n) is 8.53. The van der Waals surface area contributed by atoms with Gasteiger partial charge in [-0.15, -0.1) is 0 Å². The van der Waals surface area contributed by atoms with Crippen LogP contribution in [0.3, 0.4) is 0 Å². The Bertz CT molecular complexity index is 1090. The molecule has 0 amide bonds. The molecule has 0 heterocycles. The minimum atomic E-state index is -4.62. The highest BCUT2D eigenvalue weighted by Crippen LogP contribution is 2.43. The van der Waals surface area contributed by atoms with Crippen molar-refractivity contribution in [1.29, 1.82) is 0 Å². The van der Waals surface area contributed by atoms with Crippen LogP contribution < -0.4 is 5.73 Å². The van der Waals surface area contributed by atoms with E-state index in [1.54, 1.807) is 0 Å². The normalized spacial score (nSPS) is 14.6. The first kappa shape index (κ1) is 51.7. The summed E-state index contributed by atoms with van der Waals surface area (Å²) in [6, 6.07) is -1.48. The van der Waals surface area contributed by atoms with Crippen LogP contribution in [-0.4, -0.2) is 60.5 Å². The highest BCUT2D eigenvalue weighted by molar-refractivity contribution is 7.47. The Morgan fingerprint density at radius 1 is 0.611 bits per heavy atom. The molecule has 0 aromatic carbocycles. The van der Waals surface area contributed by atoms with Gasteiger partial charge < -0.3 is 25.2 Å². The maximum absolute atomic E-state index is 12.6. The topological polar surface area (TPSA) is 155 Å². The number of aliphatic carboxylic acids is 1. The molecule has 0 aliphatic carbocycles. The summed E-state index contributed by atoms with van der Waals surface area (Å²) in [7, 11) is -4.62. The molecule has 0 saturated carbocycles. The summed E-state index contributed by atoms with van der Waals surface area (Å²) in [5, 5.41) is 8.88. The van der Waals surface area contributed by atoms with E-state index < -0.39 is 45.1 Å². The second-order valence-electron chi connectivity index (χ2n) is 13.7. The summed E-state index contributed by atoms with van der Waals surface area (Å²) in [6.07, 6.45) is 45.5. The van der Waals surface area contributed by atoms with Gasteiger partial charge >= 0.3 is 19.8 Å². The van der Waals surface area contributed by atoms with Gasteiger partial charge in [0.15, 0.2) is 0 Å². The molecule has 0 aliphatic heterocycles. The first-order chi connectivity index (χ1) is 26.2. The van der Waals surface area contributed by atoms with Gasteiger partial charge in [-0.2, -0.15) is 0 Å². The molecule has 0 saturated heterocycles. The van der Waals surface area contributed by atoms with Crippen molar-refractivity contribution in [1.82, 2.24) is 0 Å². The number of hydrogen-bond donors (Lipinski definition) is 3. The molecule has 4 N–H and O–H groups in total. The van der Waals surface area contributed by atoms with E-state index in [-0.39, 0.29) is 13.0 Å². The van der Waals surface area contributed by atoms with Crippen LogP contribution in [0, 0.1) is 0 Å². The third-order valence-corrected chi connectivity index (χ3v) is 9.48. The van der Waals surface area contributed by atoms with Crippen molar-refractivity contribution in [3.8, 4) is 0 Å². The van der Waals surface area contributed by atoms with Gasteiger partial charge in [-0.3, -0.25) is 18.6 Å². The molecule has 10 nitrogen and oxygen atoms in total. The second-order valence-corrected chi connectivity index (χ2v) is 15.2. The number of carbonyl (C=O) groups excluding carboxylic acids is 1. The Kier molecular flexibility index (Phi) is 37.2. The molecule has 0 rings (SSSR count). The van der Waals surface area contributed by atoms with Crippen molar-refractivity contribution in [2.45, 2.75) is 174 Å². The van der Waals surface area contributed by atoms with E-state index in [1.165, 1.54) is 38.5 Å². The number of phosphoric acid groups is 1. The van der Waals surface area contributed by atoms with E-state index in [1.807, 2.05) is 0 Å². The number of unbranched alkanes of at least 4 members (excludes halogenated alkanes) is 15. The summed E-state index contributed by atoms with van der Waals surface area (Å²) in [5.74, 6) is -1.80. The lowest BCUT2D eigenvalue weighted by Gasteiger charge is -2.20. The molecule has 0 aromatic rings. The van der Waals surface area contributed by atoms with Crippen molar-refractivity contribution in [2.75, 3.05) is 26.4 Å². The number of hydrogen-bond acceptors (Lipinski definition) is 8. The fourth-order valence-corrected chi connectivity index (χ4v) is 6.07. The Balaban J connectivity index is 4.32. The summed E-state index contributed by atoms with van der Waals surface area (Å²) in [4.78, 5) is 33.5. The number of nitrogens with two attached hydrogens (primary N) is 1. The lowest BCUT2D eigenvalue weighted by Crippen LogP contribution is -2.34. The monoisotopic (exact) mass is 782 g/mol. The number of carbonyl (C=O) groups is 2. The van der Waals surface area contributed by atoms with Gasteiger partial charge in [0.1, 0.15) is 12.1 Å². The second kappa shape index (κ2) is 38.9. The van der Waals surface area contributed by atoms with E-state index in [4.69, 9.17) is 29.4 Å². The van der Waals surface area contributed by atoms with Gasteiger partial charge in [-0.05, 0) is 77.0 Å². The van der Waals surface area contributed by atoms with Crippen molar-refractivity contribution >= 4 is 19.8 Å². The minimum Gasteiger partial charge on any atom is -0.480 e. The quantitative estimate of drug-likeness (QED) is 0.0237. The van der Waals surface area contributed by atoms with Crippen LogP contribution in [0.15, 0.2) is 60.8 Å². The first-order valence-electron chi connectivity index (χ1n) is 20.8. The molecule has 0 aliphatic rings. The molecule has 3 atom stereocenters. The molecule has 11 heteroatoms. The SMILES string of the molecule is CC/C=C\C/C=C\C/C=C\C/C=C\CCCCCCCOCC(COP(=O)(O)OCC(N)C(=O)O)OC(=O)CCCCCCC/C=C\CCCCCCC. The van der Waals surface area contributed by atoms with Crippen molar-refractivity contribution < 1.29 is 42.7 Å². The molecular weight excluding hydrogens is 705 g/mol. The predicted octanol–water partition coefficient (Wildman–Crippen LogP) is 11.3. The van der Waals surface area contributed by atoms with Gasteiger partial charge in [0.25, 0.3) is 0 Å². The largest absolute Gasteiger partial charge is 0.480 e. The molecule has 0 bridgehead atoms. The molecule has 0 spiro atoms. The zero-order valence-electron chi connectivity index (χ0n) is 33.8. The van der Waals surface area contributed by atoms with Crippen LogP contribution in [-0.2, 0) is 32.7 Å². The Hall–Kier alpha value is -2.33. The van der Waals surface area contributed by atoms with Crippen LogP contribution in [0.1, 0.15) is 162 Å². The van der Waals surface area contributed by atoms with Crippen LogP contribution in [0.5, 0.6) is 0 Å². The first-order valence-corrected chi connectivity index (χ1v) is 22.3. The predicted molar refractivity (Wildman–Crippen MR) is 221 cm³/mol. The highest BCUT2D eigenvalue weighted by atomic mass is 31.2. The standard InChI is InChI=1S/C43H76NO9P/c1-3-5-7-9-11-13-15-17-19-20-21-22-24-26-28-30-32-34-36-50-37-40(38-51-54(48,49)52-39-41(44)43(46)47)53-42(45)35-33-31-29-27-25-23-18-16-14-12-10-8-6-4-2/h5,7,11,13,16-19,21-22,40-41H,3-4,6,8-10,12,14-15,20,23-39,44H2,1-2H3,(H,46,47)(H,48,49)/b7-5-,13-11-,18-16-,19-17-,22-21-. The fraction of sp³-hybridized carbons (Fsp3) is 0.721. The fourth-order valence-electron chi connectivity index (χ4n) is 5.29. The maximum atomic E-state index is 12.6. The van der Waals surface area contributed by atoms with E-state index in [0.29, 0.717) is 13.0 Å². The Labute approximate surface area is 328 Å². The van der Waals surface area contributed by atoms with E-state index in [2.05, 4.69) is 74.6 Å². The van der Waals surface area contributed by atoms with Crippen LogP contribution in [0.4, 0.5) is 0 Å². The van der Waals surface area contributed by atoms with Crippen molar-refractivity contribution in [3.63, 3.8) is 0 Å². The van der Waals surface area contributed by atoms with Gasteiger partial charge in [0.05, 0.1) is 19.8 Å². The average Bonchev–Trinajstić information content (AvgIpc) is 3.15. The van der Waals surface area contributed by atoms with E-state index in [0.717, 1.165) is 96.3 Å². The lowest BCUT2D eigenvalue weighted by atomic mass is 10.1. The summed E-state index contributed by atoms with van der Waals surface area (Å²) >= 11 is 0.